The van der Waals surface area contributed by atoms with Crippen LogP contribution in [0.2, 0.25) is 0 Å². The number of alkyl halides is 12. The maximum Gasteiger partial charge on any atom is 0.456 e. The van der Waals surface area contributed by atoms with Crippen LogP contribution in [0.15, 0.2) is 0 Å². The molecular formula is C8H8F12N4S4. The summed E-state index contributed by atoms with van der Waals surface area (Å²) in [4.78, 5) is 0. The van der Waals surface area contributed by atoms with Gasteiger partial charge in [0.1, 0.15) is 0 Å². The fourth-order valence-corrected chi connectivity index (χ4v) is 4.74. The van der Waals surface area contributed by atoms with E-state index in [2.05, 4.69) is 0 Å². The minimum Gasteiger partial charge on any atom is -0.213 e. The smallest absolute Gasteiger partial charge is 0.213 e. The summed E-state index contributed by atoms with van der Waals surface area (Å²) in [6, 6.07) is 0. The first-order valence-corrected chi connectivity index (χ1v) is 9.44. The van der Waals surface area contributed by atoms with E-state index in [4.69, 9.17) is 0 Å². The predicted octanol–water partition coefficient (Wildman–Crippen LogP) is 5.71. The SMILES string of the molecule is FC(F)(F)SN1CN(SC(F)(F)F)CN(SC(F)(F)F)CN(SC(F)(F)F)C1. The third-order valence-corrected chi connectivity index (χ3v) is 4.98. The molecule has 0 radical (unpaired) electrons. The summed E-state index contributed by atoms with van der Waals surface area (Å²) < 4.78 is 151. The Morgan fingerprint density at radius 3 is 0.607 bits per heavy atom. The highest BCUT2D eigenvalue weighted by Gasteiger charge is 2.43. The molecule has 1 fully saturated rings. The molecule has 0 aromatic rings. The molecule has 1 aliphatic rings. The zero-order chi connectivity index (χ0) is 22.0. The molecule has 0 bridgehead atoms. The summed E-state index contributed by atoms with van der Waals surface area (Å²) in [5.41, 5.74) is -20.2. The highest BCUT2D eigenvalue weighted by Crippen LogP contribution is 2.43. The summed E-state index contributed by atoms with van der Waals surface area (Å²) >= 11 is -3.94. The Morgan fingerprint density at radius 2 is 0.500 bits per heavy atom. The van der Waals surface area contributed by atoms with Crippen molar-refractivity contribution in [3.63, 3.8) is 0 Å². The average molecular weight is 516 g/mol. The summed E-state index contributed by atoms with van der Waals surface area (Å²) in [5, 5.41) is 0. The molecule has 1 saturated heterocycles. The van der Waals surface area contributed by atoms with Crippen LogP contribution >= 0.6 is 47.8 Å². The number of hydrogen-bond donors (Lipinski definition) is 0. The maximum atomic E-state index is 12.6. The number of nitrogens with zero attached hydrogens (tertiary/aromatic N) is 4. The first-order chi connectivity index (χ1) is 12.3. The molecule has 0 aromatic heterocycles. The van der Waals surface area contributed by atoms with Crippen molar-refractivity contribution < 1.29 is 52.7 Å². The number of rotatable bonds is 4. The van der Waals surface area contributed by atoms with Crippen molar-refractivity contribution in [1.29, 1.82) is 0 Å². The lowest BCUT2D eigenvalue weighted by atomic mass is 10.8. The van der Waals surface area contributed by atoms with Gasteiger partial charge in [0.15, 0.2) is 0 Å². The molecule has 28 heavy (non-hydrogen) atoms. The second kappa shape index (κ2) is 9.69. The van der Waals surface area contributed by atoms with E-state index in [0.717, 1.165) is 0 Å². The summed E-state index contributed by atoms with van der Waals surface area (Å²) in [5.74, 6) is 0. The van der Waals surface area contributed by atoms with Gasteiger partial charge in [-0.1, -0.05) is 0 Å². The van der Waals surface area contributed by atoms with Crippen LogP contribution in [0.25, 0.3) is 0 Å². The van der Waals surface area contributed by atoms with Gasteiger partial charge in [0.05, 0.1) is 26.7 Å². The van der Waals surface area contributed by atoms with Crippen molar-refractivity contribution in [2.75, 3.05) is 26.7 Å². The summed E-state index contributed by atoms with van der Waals surface area (Å²) in [6.45, 7) is -4.90. The van der Waals surface area contributed by atoms with Crippen molar-refractivity contribution in [2.24, 2.45) is 0 Å². The molecule has 0 aliphatic carbocycles. The largest absolute Gasteiger partial charge is 0.456 e. The van der Waals surface area contributed by atoms with E-state index in [9.17, 15) is 52.7 Å². The van der Waals surface area contributed by atoms with Crippen LogP contribution in [-0.2, 0) is 0 Å². The van der Waals surface area contributed by atoms with Crippen LogP contribution in [0.3, 0.4) is 0 Å². The first-order valence-electron chi connectivity index (χ1n) is 6.34. The van der Waals surface area contributed by atoms with Crippen LogP contribution in [0.4, 0.5) is 52.7 Å². The third kappa shape index (κ3) is 12.9. The highest BCUT2D eigenvalue weighted by molar-refractivity contribution is 7.99. The van der Waals surface area contributed by atoms with Crippen molar-refractivity contribution in [3.8, 4) is 0 Å². The topological polar surface area (TPSA) is 13.0 Å². The van der Waals surface area contributed by atoms with Gasteiger partial charge < -0.3 is 0 Å². The third-order valence-electron chi connectivity index (χ3n) is 2.19. The van der Waals surface area contributed by atoms with Crippen LogP contribution in [-0.4, -0.2) is 65.9 Å². The molecule has 168 valence electrons. The molecule has 20 heteroatoms. The molecule has 0 unspecified atom stereocenters. The Hall–Kier alpha value is 0.400. The highest BCUT2D eigenvalue weighted by atomic mass is 32.2. The van der Waals surface area contributed by atoms with E-state index in [1.54, 1.807) is 0 Å². The zero-order valence-corrected chi connectivity index (χ0v) is 16.1. The lowest BCUT2D eigenvalue weighted by molar-refractivity contribution is -0.0439. The van der Waals surface area contributed by atoms with E-state index < -0.39 is 96.5 Å². The van der Waals surface area contributed by atoms with Crippen LogP contribution < -0.4 is 0 Å². The molecule has 1 heterocycles. The molecule has 0 amide bonds. The van der Waals surface area contributed by atoms with Gasteiger partial charge >= 0.3 is 22.0 Å². The van der Waals surface area contributed by atoms with Gasteiger partial charge in [-0.2, -0.15) is 52.7 Å². The van der Waals surface area contributed by atoms with Crippen LogP contribution in [0, 0.1) is 0 Å². The van der Waals surface area contributed by atoms with Crippen LogP contribution in [0.1, 0.15) is 0 Å². The predicted molar refractivity (Wildman–Crippen MR) is 81.4 cm³/mol. The fraction of sp³-hybridized carbons (Fsp3) is 1.00. The van der Waals surface area contributed by atoms with Crippen molar-refractivity contribution in [3.05, 3.63) is 0 Å². The molecular weight excluding hydrogens is 508 g/mol. The molecule has 0 atom stereocenters. The van der Waals surface area contributed by atoms with Gasteiger partial charge in [-0.3, -0.25) is 0 Å². The van der Waals surface area contributed by atoms with E-state index in [1.165, 1.54) is 0 Å². The lowest BCUT2D eigenvalue weighted by Crippen LogP contribution is -2.49. The Labute approximate surface area is 166 Å². The van der Waals surface area contributed by atoms with Gasteiger partial charge in [0.25, 0.3) is 0 Å². The van der Waals surface area contributed by atoms with Crippen molar-refractivity contribution in [1.82, 2.24) is 17.2 Å². The van der Waals surface area contributed by atoms with E-state index >= 15 is 0 Å². The molecule has 1 rings (SSSR count). The average Bonchev–Trinajstić information content (AvgIpc) is 2.27. The monoisotopic (exact) mass is 516 g/mol. The normalized spacial score (nSPS) is 21.0. The Kier molecular flexibility index (Phi) is 9.15. The molecule has 0 spiro atoms. The summed E-state index contributed by atoms with van der Waals surface area (Å²) in [6.07, 6.45) is 0. The van der Waals surface area contributed by atoms with Gasteiger partial charge in [-0.05, 0) is 0 Å². The second-order valence-electron chi connectivity index (χ2n) is 4.64. The minimum atomic E-state index is -5.04. The van der Waals surface area contributed by atoms with Gasteiger partial charge in [0, 0.05) is 47.8 Å². The second-order valence-corrected chi connectivity index (χ2v) is 9.29. The molecule has 4 nitrogen and oxygen atoms in total. The van der Waals surface area contributed by atoms with Gasteiger partial charge in [-0.25, -0.2) is 17.2 Å². The van der Waals surface area contributed by atoms with E-state index in [1.807, 2.05) is 0 Å². The fourth-order valence-electron chi connectivity index (χ4n) is 1.70. The quantitative estimate of drug-likeness (QED) is 0.344. The maximum absolute atomic E-state index is 12.6. The Morgan fingerprint density at radius 1 is 0.357 bits per heavy atom. The standard InChI is InChI=1S/C8H8F12N4S4/c9-5(10,11)25-21-1-22(26-6(12,13)14)3-24(28-8(18,19)20)4-23(2-21)27-7(15,16)17/h1-4H2. The molecule has 1 aliphatic heterocycles. The van der Waals surface area contributed by atoms with Gasteiger partial charge in [-0.15, -0.1) is 0 Å². The minimum absolute atomic E-state index is 0.132. The van der Waals surface area contributed by atoms with Crippen LogP contribution in [0.5, 0.6) is 0 Å². The Bertz CT molecular complexity index is 398. The van der Waals surface area contributed by atoms with E-state index in [0.29, 0.717) is 0 Å². The lowest BCUT2D eigenvalue weighted by Gasteiger charge is -2.39. The van der Waals surface area contributed by atoms with Crippen molar-refractivity contribution >= 4 is 47.8 Å². The number of halogens is 12. The Balaban J connectivity index is 3.09. The number of hydrogen-bond acceptors (Lipinski definition) is 8. The molecule has 0 saturated carbocycles. The molecule has 0 aromatic carbocycles. The summed E-state index contributed by atoms with van der Waals surface area (Å²) in [7, 11) is 0. The molecule has 0 N–H and O–H groups in total. The van der Waals surface area contributed by atoms with Crippen molar-refractivity contribution in [2.45, 2.75) is 22.0 Å². The van der Waals surface area contributed by atoms with Gasteiger partial charge in [0.2, 0.25) is 0 Å². The first kappa shape index (κ1) is 26.4. The van der Waals surface area contributed by atoms with E-state index in [-0.39, 0.29) is 17.2 Å². The zero-order valence-electron chi connectivity index (χ0n) is 12.8.